The molecule has 0 aliphatic heterocycles. The van der Waals surface area contributed by atoms with Crippen LogP contribution in [0.5, 0.6) is 5.75 Å². The molecule has 0 spiro atoms. The minimum absolute atomic E-state index is 0.484. The lowest BCUT2D eigenvalue weighted by Gasteiger charge is -2.19. The van der Waals surface area contributed by atoms with Crippen LogP contribution in [0, 0.1) is 0 Å². The van der Waals surface area contributed by atoms with Crippen LogP contribution in [0.4, 0.5) is 5.82 Å². The minimum Gasteiger partial charge on any atom is -0.497 e. The largest absolute Gasteiger partial charge is 0.497 e. The standard InChI is InChI=1S/C16H20N2O2/c1-12(19)14-7-8-17-16(10-14)18(2)11-13-5-4-6-15(9-13)20-3/h4-10,12,19H,11H2,1-3H3/t12-/m1/s1. The Balaban J connectivity index is 2.14. The van der Waals surface area contributed by atoms with Gasteiger partial charge in [-0.05, 0) is 42.3 Å². The van der Waals surface area contributed by atoms with Crippen LogP contribution in [0.2, 0.25) is 0 Å². The second-order valence-electron chi connectivity index (χ2n) is 4.83. The summed E-state index contributed by atoms with van der Waals surface area (Å²) in [4.78, 5) is 6.39. The van der Waals surface area contributed by atoms with Crippen LogP contribution in [0.15, 0.2) is 42.6 Å². The molecule has 4 heteroatoms. The zero-order valence-electron chi connectivity index (χ0n) is 12.1. The first kappa shape index (κ1) is 14.3. The van der Waals surface area contributed by atoms with Gasteiger partial charge in [0.05, 0.1) is 13.2 Å². The lowest BCUT2D eigenvalue weighted by Crippen LogP contribution is -2.18. The number of aliphatic hydroxyl groups is 1. The van der Waals surface area contributed by atoms with Gasteiger partial charge in [0, 0.05) is 19.8 Å². The highest BCUT2D eigenvalue weighted by atomic mass is 16.5. The van der Waals surface area contributed by atoms with Crippen molar-refractivity contribution in [3.05, 3.63) is 53.7 Å². The smallest absolute Gasteiger partial charge is 0.128 e. The predicted molar refractivity (Wildman–Crippen MR) is 80.0 cm³/mol. The van der Waals surface area contributed by atoms with Crippen LogP contribution in [-0.4, -0.2) is 24.2 Å². The van der Waals surface area contributed by atoms with E-state index in [9.17, 15) is 5.11 Å². The van der Waals surface area contributed by atoms with Gasteiger partial charge in [-0.1, -0.05) is 12.1 Å². The third-order valence-corrected chi connectivity index (χ3v) is 3.20. The Bertz CT molecular complexity index is 570. The van der Waals surface area contributed by atoms with E-state index in [2.05, 4.69) is 11.1 Å². The maximum absolute atomic E-state index is 9.63. The third-order valence-electron chi connectivity index (χ3n) is 3.20. The minimum atomic E-state index is -0.484. The van der Waals surface area contributed by atoms with Gasteiger partial charge in [-0.25, -0.2) is 4.98 Å². The van der Waals surface area contributed by atoms with E-state index in [1.54, 1.807) is 20.2 Å². The van der Waals surface area contributed by atoms with Crippen molar-refractivity contribution in [2.75, 3.05) is 19.1 Å². The Hall–Kier alpha value is -2.07. The van der Waals surface area contributed by atoms with Gasteiger partial charge >= 0.3 is 0 Å². The third kappa shape index (κ3) is 3.48. The second-order valence-corrected chi connectivity index (χ2v) is 4.83. The maximum Gasteiger partial charge on any atom is 0.128 e. The Labute approximate surface area is 119 Å². The average Bonchev–Trinajstić information content (AvgIpc) is 2.47. The quantitative estimate of drug-likeness (QED) is 0.909. The number of nitrogens with zero attached hydrogens (tertiary/aromatic N) is 2. The number of aromatic nitrogens is 1. The van der Waals surface area contributed by atoms with Gasteiger partial charge in [0.25, 0.3) is 0 Å². The molecular weight excluding hydrogens is 252 g/mol. The molecular formula is C16H20N2O2. The van der Waals surface area contributed by atoms with E-state index in [0.29, 0.717) is 0 Å². The van der Waals surface area contributed by atoms with Gasteiger partial charge in [-0.15, -0.1) is 0 Å². The van der Waals surface area contributed by atoms with Gasteiger partial charge in [0.1, 0.15) is 11.6 Å². The number of rotatable bonds is 5. The fourth-order valence-corrected chi connectivity index (χ4v) is 2.03. The molecule has 0 unspecified atom stereocenters. The van der Waals surface area contributed by atoms with Gasteiger partial charge in [0.2, 0.25) is 0 Å². The molecule has 1 aromatic carbocycles. The molecule has 0 amide bonds. The van der Waals surface area contributed by atoms with Crippen molar-refractivity contribution in [2.45, 2.75) is 19.6 Å². The van der Waals surface area contributed by atoms with Crippen LogP contribution in [0.25, 0.3) is 0 Å². The normalized spacial score (nSPS) is 12.0. The second kappa shape index (κ2) is 6.39. The van der Waals surface area contributed by atoms with E-state index < -0.39 is 6.10 Å². The number of hydrogen-bond donors (Lipinski definition) is 1. The van der Waals surface area contributed by atoms with Crippen molar-refractivity contribution >= 4 is 5.82 Å². The topological polar surface area (TPSA) is 45.6 Å². The molecule has 0 aliphatic rings. The van der Waals surface area contributed by atoms with E-state index >= 15 is 0 Å². The summed E-state index contributed by atoms with van der Waals surface area (Å²) in [6.07, 6.45) is 1.24. The van der Waals surface area contributed by atoms with Crippen molar-refractivity contribution in [3.8, 4) is 5.75 Å². The summed E-state index contributed by atoms with van der Waals surface area (Å²) < 4.78 is 5.23. The van der Waals surface area contributed by atoms with Gasteiger partial charge in [-0.2, -0.15) is 0 Å². The van der Waals surface area contributed by atoms with Crippen LogP contribution < -0.4 is 9.64 Å². The Morgan fingerprint density at radius 2 is 2.10 bits per heavy atom. The fraction of sp³-hybridized carbons (Fsp3) is 0.312. The van der Waals surface area contributed by atoms with E-state index in [1.165, 1.54) is 0 Å². The van der Waals surface area contributed by atoms with Crippen molar-refractivity contribution in [3.63, 3.8) is 0 Å². The molecule has 1 aromatic heterocycles. The summed E-state index contributed by atoms with van der Waals surface area (Å²) in [6.45, 7) is 2.48. The molecule has 2 rings (SSSR count). The predicted octanol–water partition coefficient (Wildman–Crippen LogP) is 2.78. The molecule has 2 aromatic rings. The van der Waals surface area contributed by atoms with Crippen LogP contribution in [-0.2, 0) is 6.54 Å². The van der Waals surface area contributed by atoms with Crippen molar-refractivity contribution < 1.29 is 9.84 Å². The average molecular weight is 272 g/mol. The highest BCUT2D eigenvalue weighted by molar-refractivity contribution is 5.42. The van der Waals surface area contributed by atoms with E-state index in [0.717, 1.165) is 29.2 Å². The number of methoxy groups -OCH3 is 1. The molecule has 20 heavy (non-hydrogen) atoms. The lowest BCUT2D eigenvalue weighted by atomic mass is 10.1. The summed E-state index contributed by atoms with van der Waals surface area (Å²) in [7, 11) is 3.64. The number of anilines is 1. The number of pyridine rings is 1. The zero-order valence-corrected chi connectivity index (χ0v) is 12.1. The van der Waals surface area contributed by atoms with Crippen molar-refractivity contribution in [1.82, 2.24) is 4.98 Å². The van der Waals surface area contributed by atoms with Crippen LogP contribution in [0.3, 0.4) is 0 Å². The van der Waals surface area contributed by atoms with Crippen LogP contribution in [0.1, 0.15) is 24.2 Å². The highest BCUT2D eigenvalue weighted by Crippen LogP contribution is 2.20. The van der Waals surface area contributed by atoms with Gasteiger partial charge in [0.15, 0.2) is 0 Å². The molecule has 0 saturated carbocycles. The van der Waals surface area contributed by atoms with Gasteiger partial charge < -0.3 is 14.7 Å². The Kier molecular flexibility index (Phi) is 4.58. The zero-order chi connectivity index (χ0) is 14.5. The van der Waals surface area contributed by atoms with Crippen molar-refractivity contribution in [1.29, 1.82) is 0 Å². The molecule has 0 aliphatic carbocycles. The molecule has 4 nitrogen and oxygen atoms in total. The lowest BCUT2D eigenvalue weighted by molar-refractivity contribution is 0.199. The molecule has 106 valence electrons. The molecule has 0 radical (unpaired) electrons. The Morgan fingerprint density at radius 3 is 2.80 bits per heavy atom. The molecule has 0 saturated heterocycles. The summed E-state index contributed by atoms with van der Waals surface area (Å²) >= 11 is 0. The molecule has 0 fully saturated rings. The number of aliphatic hydroxyl groups excluding tert-OH is 1. The SMILES string of the molecule is COc1cccc(CN(C)c2cc([C@@H](C)O)ccn2)c1. The van der Waals surface area contributed by atoms with E-state index in [-0.39, 0.29) is 0 Å². The molecule has 0 bridgehead atoms. The van der Waals surface area contributed by atoms with E-state index in [4.69, 9.17) is 4.74 Å². The highest BCUT2D eigenvalue weighted by Gasteiger charge is 2.07. The first-order chi connectivity index (χ1) is 9.60. The van der Waals surface area contributed by atoms with Crippen molar-refractivity contribution in [2.24, 2.45) is 0 Å². The maximum atomic E-state index is 9.63. The van der Waals surface area contributed by atoms with Crippen LogP contribution >= 0.6 is 0 Å². The summed E-state index contributed by atoms with van der Waals surface area (Å²) in [5.74, 6) is 1.69. The van der Waals surface area contributed by atoms with E-state index in [1.807, 2.05) is 42.3 Å². The monoisotopic (exact) mass is 272 g/mol. The number of benzene rings is 1. The summed E-state index contributed by atoms with van der Waals surface area (Å²) in [5, 5.41) is 9.63. The number of ether oxygens (including phenoxy) is 1. The van der Waals surface area contributed by atoms with Gasteiger partial charge in [-0.3, -0.25) is 0 Å². The first-order valence-corrected chi connectivity index (χ1v) is 6.58. The Morgan fingerprint density at radius 1 is 1.30 bits per heavy atom. The number of hydrogen-bond acceptors (Lipinski definition) is 4. The molecule has 1 heterocycles. The fourth-order valence-electron chi connectivity index (χ4n) is 2.03. The molecule has 1 atom stereocenters. The summed E-state index contributed by atoms with van der Waals surface area (Å²) in [5.41, 5.74) is 2.02. The first-order valence-electron chi connectivity index (χ1n) is 6.58. The summed E-state index contributed by atoms with van der Waals surface area (Å²) in [6, 6.07) is 11.7. The molecule has 1 N–H and O–H groups in total.